The summed E-state index contributed by atoms with van der Waals surface area (Å²) in [6.07, 6.45) is -2.54. The van der Waals surface area contributed by atoms with Crippen LogP contribution >= 0.6 is 0 Å². The zero-order valence-corrected chi connectivity index (χ0v) is 7.34. The Morgan fingerprint density at radius 3 is 1.67 bits per heavy atom. The topological polar surface area (TPSA) is 149 Å². The summed E-state index contributed by atoms with van der Waals surface area (Å²) in [5.41, 5.74) is -2.89. The van der Waals surface area contributed by atoms with Crippen molar-refractivity contribution in [2.45, 2.75) is 18.4 Å². The SMILES string of the molecule is O=C(O)CC(O)(CC(=O)C(=O)O)C(=O)O. The first kappa shape index (κ1) is 13.0. The molecule has 0 aromatic rings. The normalized spacial score (nSPS) is 13.9. The van der Waals surface area contributed by atoms with Crippen molar-refractivity contribution < 1.29 is 39.6 Å². The van der Waals surface area contributed by atoms with Gasteiger partial charge in [-0.3, -0.25) is 9.59 Å². The molecule has 0 spiro atoms. The quantitative estimate of drug-likeness (QED) is 0.387. The molecule has 0 aliphatic heterocycles. The van der Waals surface area contributed by atoms with E-state index in [4.69, 9.17) is 15.3 Å². The molecule has 0 fully saturated rings. The molecule has 0 bridgehead atoms. The van der Waals surface area contributed by atoms with Gasteiger partial charge >= 0.3 is 17.9 Å². The second kappa shape index (κ2) is 4.51. The molecule has 4 N–H and O–H groups in total. The fraction of sp³-hybridized carbons (Fsp3) is 0.429. The van der Waals surface area contributed by atoms with E-state index in [-0.39, 0.29) is 0 Å². The van der Waals surface area contributed by atoms with E-state index >= 15 is 0 Å². The molecule has 0 radical (unpaired) electrons. The van der Waals surface area contributed by atoms with Crippen molar-refractivity contribution in [2.24, 2.45) is 0 Å². The van der Waals surface area contributed by atoms with Crippen LogP contribution in [0.2, 0.25) is 0 Å². The van der Waals surface area contributed by atoms with Crippen LogP contribution < -0.4 is 0 Å². The third kappa shape index (κ3) is 3.73. The lowest BCUT2D eigenvalue weighted by atomic mass is 9.93. The summed E-state index contributed by atoms with van der Waals surface area (Å²) in [6.45, 7) is 0. The number of aliphatic hydroxyl groups is 1. The maximum Gasteiger partial charge on any atom is 0.372 e. The molecule has 84 valence electrons. The van der Waals surface area contributed by atoms with Crippen molar-refractivity contribution in [1.82, 2.24) is 0 Å². The number of Topliss-reactive ketones (excluding diaryl/α,β-unsaturated/α-hetero) is 1. The summed E-state index contributed by atoms with van der Waals surface area (Å²) in [4.78, 5) is 41.4. The summed E-state index contributed by atoms with van der Waals surface area (Å²) in [5.74, 6) is -7.11. The lowest BCUT2D eigenvalue weighted by Gasteiger charge is -2.19. The Hall–Kier alpha value is -1.96. The van der Waals surface area contributed by atoms with Gasteiger partial charge in [-0.1, -0.05) is 0 Å². The minimum atomic E-state index is -2.89. The van der Waals surface area contributed by atoms with Crippen molar-refractivity contribution in [3.05, 3.63) is 0 Å². The third-order valence-corrected chi connectivity index (χ3v) is 1.53. The van der Waals surface area contributed by atoms with Crippen LogP contribution in [-0.2, 0) is 19.2 Å². The Morgan fingerprint density at radius 2 is 1.40 bits per heavy atom. The second-order valence-corrected chi connectivity index (χ2v) is 2.81. The molecule has 1 atom stereocenters. The van der Waals surface area contributed by atoms with Gasteiger partial charge in [0.25, 0.3) is 0 Å². The van der Waals surface area contributed by atoms with Gasteiger partial charge < -0.3 is 20.4 Å². The zero-order chi connectivity index (χ0) is 12.2. The number of rotatable bonds is 6. The standard InChI is InChI=1S/C7H8O8/c8-3(5(11)12)1-7(15,6(13)14)2-4(9)10/h15H,1-2H2,(H,9,10)(H,11,12)(H,13,14). The first-order valence-corrected chi connectivity index (χ1v) is 3.63. The smallest absolute Gasteiger partial charge is 0.372 e. The summed E-state index contributed by atoms with van der Waals surface area (Å²) in [5, 5.41) is 34.1. The minimum absolute atomic E-state index is 1.25. The fourth-order valence-electron chi connectivity index (χ4n) is 0.805. The highest BCUT2D eigenvalue weighted by Crippen LogP contribution is 2.16. The minimum Gasteiger partial charge on any atom is -0.481 e. The highest BCUT2D eigenvalue weighted by molar-refractivity contribution is 6.33. The van der Waals surface area contributed by atoms with Gasteiger partial charge in [0.1, 0.15) is 0 Å². The van der Waals surface area contributed by atoms with Crippen LogP contribution in [-0.4, -0.2) is 49.7 Å². The van der Waals surface area contributed by atoms with Gasteiger partial charge in [0.15, 0.2) is 5.60 Å². The Bertz CT molecular complexity index is 319. The van der Waals surface area contributed by atoms with Crippen molar-refractivity contribution in [1.29, 1.82) is 0 Å². The van der Waals surface area contributed by atoms with Gasteiger partial charge in [-0.25, -0.2) is 9.59 Å². The number of carbonyl (C=O) groups is 4. The first-order chi connectivity index (χ1) is 6.69. The summed E-state index contributed by atoms with van der Waals surface area (Å²) in [7, 11) is 0. The third-order valence-electron chi connectivity index (χ3n) is 1.53. The van der Waals surface area contributed by atoms with E-state index in [9.17, 15) is 24.3 Å². The number of carboxylic acids is 3. The lowest BCUT2D eigenvalue weighted by molar-refractivity contribution is -0.169. The summed E-state index contributed by atoms with van der Waals surface area (Å²) < 4.78 is 0. The first-order valence-electron chi connectivity index (χ1n) is 3.63. The van der Waals surface area contributed by atoms with E-state index in [2.05, 4.69) is 0 Å². The fourth-order valence-corrected chi connectivity index (χ4v) is 0.805. The van der Waals surface area contributed by atoms with Crippen LogP contribution in [0, 0.1) is 0 Å². The second-order valence-electron chi connectivity index (χ2n) is 2.81. The van der Waals surface area contributed by atoms with Crippen LogP contribution in [0.1, 0.15) is 12.8 Å². The highest BCUT2D eigenvalue weighted by atomic mass is 16.4. The number of aliphatic carboxylic acids is 3. The van der Waals surface area contributed by atoms with Crippen molar-refractivity contribution in [2.75, 3.05) is 0 Å². The van der Waals surface area contributed by atoms with Gasteiger partial charge in [-0.2, -0.15) is 0 Å². The van der Waals surface area contributed by atoms with Crippen molar-refractivity contribution in [3.63, 3.8) is 0 Å². The molecule has 0 aromatic heterocycles. The molecule has 0 saturated heterocycles. The predicted molar refractivity (Wildman–Crippen MR) is 42.1 cm³/mol. The zero-order valence-electron chi connectivity index (χ0n) is 7.34. The number of carboxylic acid groups (broad SMARTS) is 3. The molecule has 8 heteroatoms. The van der Waals surface area contributed by atoms with Crippen molar-refractivity contribution in [3.8, 4) is 0 Å². The van der Waals surface area contributed by atoms with Gasteiger partial charge in [-0.05, 0) is 0 Å². The maximum absolute atomic E-state index is 10.6. The van der Waals surface area contributed by atoms with E-state index in [1.807, 2.05) is 0 Å². The van der Waals surface area contributed by atoms with Crippen LogP contribution in [0.4, 0.5) is 0 Å². The largest absolute Gasteiger partial charge is 0.481 e. The lowest BCUT2D eigenvalue weighted by Crippen LogP contribution is -2.43. The number of carbonyl (C=O) groups excluding carboxylic acids is 1. The predicted octanol–water partition coefficient (Wildman–Crippen LogP) is -1.68. The molecule has 0 aliphatic rings. The molecule has 15 heavy (non-hydrogen) atoms. The highest BCUT2D eigenvalue weighted by Gasteiger charge is 2.42. The van der Waals surface area contributed by atoms with Gasteiger partial charge in [-0.15, -0.1) is 0 Å². The average molecular weight is 220 g/mol. The molecule has 0 amide bonds. The molecule has 0 saturated carbocycles. The van der Waals surface area contributed by atoms with E-state index < -0.39 is 42.1 Å². The van der Waals surface area contributed by atoms with Gasteiger partial charge in [0.2, 0.25) is 5.78 Å². The van der Waals surface area contributed by atoms with Gasteiger partial charge in [0, 0.05) is 0 Å². The molecule has 0 aromatic carbocycles. The van der Waals surface area contributed by atoms with Crippen LogP contribution in [0.15, 0.2) is 0 Å². The number of ketones is 1. The molecule has 0 heterocycles. The van der Waals surface area contributed by atoms with E-state index in [1.165, 1.54) is 0 Å². The molecule has 0 rings (SSSR count). The van der Waals surface area contributed by atoms with Crippen LogP contribution in [0.5, 0.6) is 0 Å². The van der Waals surface area contributed by atoms with Crippen LogP contribution in [0.25, 0.3) is 0 Å². The van der Waals surface area contributed by atoms with Gasteiger partial charge in [0.05, 0.1) is 12.8 Å². The summed E-state index contributed by atoms with van der Waals surface area (Å²) >= 11 is 0. The Labute approximate surface area is 82.8 Å². The van der Waals surface area contributed by atoms with E-state index in [0.29, 0.717) is 0 Å². The Balaban J connectivity index is 4.81. The molecular weight excluding hydrogens is 212 g/mol. The molecule has 1 unspecified atom stereocenters. The molecule has 0 aliphatic carbocycles. The summed E-state index contributed by atoms with van der Waals surface area (Å²) in [6, 6.07) is 0. The van der Waals surface area contributed by atoms with Crippen LogP contribution in [0.3, 0.4) is 0 Å². The number of hydrogen-bond donors (Lipinski definition) is 4. The maximum atomic E-state index is 10.6. The monoisotopic (exact) mass is 220 g/mol. The van der Waals surface area contributed by atoms with E-state index in [0.717, 1.165) is 0 Å². The van der Waals surface area contributed by atoms with Crippen molar-refractivity contribution >= 4 is 23.7 Å². The number of hydrogen-bond acceptors (Lipinski definition) is 5. The molecule has 8 nitrogen and oxygen atoms in total. The van der Waals surface area contributed by atoms with E-state index in [1.54, 1.807) is 0 Å². The Kier molecular flexibility index (Phi) is 3.92. The average Bonchev–Trinajstić information content (AvgIpc) is 2.01. The molecular formula is C7H8O8. The Morgan fingerprint density at radius 1 is 0.933 bits per heavy atom.